The van der Waals surface area contributed by atoms with Crippen molar-refractivity contribution in [1.29, 1.82) is 0 Å². The molecule has 0 unspecified atom stereocenters. The van der Waals surface area contributed by atoms with E-state index in [0.29, 0.717) is 28.8 Å². The number of aryl methyl sites for hydroxylation is 1. The predicted molar refractivity (Wildman–Crippen MR) is 166 cm³/mol. The molecule has 46 heavy (non-hydrogen) atoms. The van der Waals surface area contributed by atoms with Crippen molar-refractivity contribution < 1.29 is 51.9 Å². The second kappa shape index (κ2) is 11.2. The number of nitrogen functional groups attached to an aromatic ring is 1. The Hall–Kier alpha value is -4.34. The van der Waals surface area contributed by atoms with Gasteiger partial charge in [-0.3, -0.25) is 18.2 Å². The first-order valence-electron chi connectivity index (χ1n) is 12.5. The Morgan fingerprint density at radius 2 is 1.09 bits per heavy atom. The molecule has 5 rings (SSSR count). The fraction of sp³-hybridized carbons (Fsp3) is 0.0370. The molecule has 0 atom stereocenters. The lowest BCUT2D eigenvalue weighted by Gasteiger charge is -2.13. The lowest BCUT2D eigenvalue weighted by atomic mass is 9.94. The Morgan fingerprint density at radius 1 is 0.522 bits per heavy atom. The van der Waals surface area contributed by atoms with Crippen LogP contribution in [0.5, 0.6) is 0 Å². The van der Waals surface area contributed by atoms with Gasteiger partial charge in [0, 0.05) is 21.8 Å². The maximum absolute atomic E-state index is 12.3. The smallest absolute Gasteiger partial charge is 0.295 e. The minimum atomic E-state index is -5.26. The molecule has 15 nitrogen and oxygen atoms in total. The summed E-state index contributed by atoms with van der Waals surface area (Å²) in [5.41, 5.74) is 8.12. The molecule has 0 spiro atoms. The second-order valence-corrected chi connectivity index (χ2v) is 15.6. The van der Waals surface area contributed by atoms with Crippen LogP contribution in [0.3, 0.4) is 0 Å². The van der Waals surface area contributed by atoms with Crippen molar-refractivity contribution in [1.82, 2.24) is 0 Å². The van der Waals surface area contributed by atoms with Crippen LogP contribution < -0.4 is 5.73 Å². The minimum absolute atomic E-state index is 0.00238. The van der Waals surface area contributed by atoms with E-state index in [-0.39, 0.29) is 11.1 Å². The van der Waals surface area contributed by atoms with E-state index in [0.717, 1.165) is 29.3 Å². The van der Waals surface area contributed by atoms with E-state index >= 15 is 0 Å². The van der Waals surface area contributed by atoms with Gasteiger partial charge in [0.2, 0.25) is 0 Å². The summed E-state index contributed by atoms with van der Waals surface area (Å²) in [6, 6.07) is 14.6. The molecule has 0 radical (unpaired) electrons. The van der Waals surface area contributed by atoms with E-state index in [1.165, 1.54) is 18.2 Å². The van der Waals surface area contributed by atoms with E-state index in [1.807, 2.05) is 6.92 Å². The fourth-order valence-corrected chi connectivity index (χ4v) is 7.44. The number of nitrogens with zero attached hydrogens (tertiary/aromatic N) is 2. The monoisotopic (exact) mass is 707 g/mol. The minimum Gasteiger partial charge on any atom is -0.399 e. The first kappa shape index (κ1) is 33.0. The van der Waals surface area contributed by atoms with Gasteiger partial charge < -0.3 is 5.73 Å². The van der Waals surface area contributed by atoms with Crippen LogP contribution >= 0.6 is 0 Å². The summed E-state index contributed by atoms with van der Waals surface area (Å²) in [6.07, 6.45) is 0. The molecule has 0 aliphatic rings. The molecule has 0 saturated heterocycles. The van der Waals surface area contributed by atoms with Crippen molar-refractivity contribution in [2.75, 3.05) is 5.73 Å². The van der Waals surface area contributed by atoms with Crippen molar-refractivity contribution >= 4 is 79.1 Å². The summed E-state index contributed by atoms with van der Waals surface area (Å²) in [4.78, 5) is -3.74. The van der Waals surface area contributed by atoms with E-state index in [1.54, 1.807) is 24.3 Å². The third kappa shape index (κ3) is 6.48. The topological polar surface area (TPSA) is 268 Å². The summed E-state index contributed by atoms with van der Waals surface area (Å²) in [5.74, 6) is 0. The standard InChI is InChI=1S/C27H21N3O12S4/c1-14-8-15(28)2-4-19(14)20-6-7-25(22-11-17(43(31,32)33)3-5-21(20)22)30-29-16-9-23-24(26(10-16)45(37,38)39)12-18(44(34,35)36)13-27(23)46(40,41)42/h2-13H,28H2,1H3,(H,31,32,33)(H,34,35,36)(H,37,38,39)(H,40,41,42). The van der Waals surface area contributed by atoms with Gasteiger partial charge in [-0.1, -0.05) is 18.2 Å². The highest BCUT2D eigenvalue weighted by Crippen LogP contribution is 2.40. The van der Waals surface area contributed by atoms with Crippen molar-refractivity contribution in [2.45, 2.75) is 26.5 Å². The molecule has 0 saturated carbocycles. The first-order chi connectivity index (χ1) is 21.1. The summed E-state index contributed by atoms with van der Waals surface area (Å²) in [5, 5.41) is 7.35. The lowest BCUT2D eigenvalue weighted by molar-refractivity contribution is 0.478. The maximum atomic E-state index is 12.3. The highest BCUT2D eigenvalue weighted by molar-refractivity contribution is 7.87. The molecule has 0 fully saturated rings. The predicted octanol–water partition coefficient (Wildman–Crippen LogP) is 4.95. The van der Waals surface area contributed by atoms with E-state index in [9.17, 15) is 51.9 Å². The summed E-state index contributed by atoms with van der Waals surface area (Å²) >= 11 is 0. The van der Waals surface area contributed by atoms with Gasteiger partial charge in [-0.25, -0.2) is 0 Å². The number of rotatable bonds is 7. The number of hydrogen-bond acceptors (Lipinski definition) is 11. The first-order valence-corrected chi connectivity index (χ1v) is 18.3. The van der Waals surface area contributed by atoms with Gasteiger partial charge in [0.1, 0.15) is 9.79 Å². The summed E-state index contributed by atoms with van der Waals surface area (Å²) < 4.78 is 135. The molecule has 0 aliphatic heterocycles. The van der Waals surface area contributed by atoms with Crippen LogP contribution in [0.25, 0.3) is 32.7 Å². The molecule has 5 aromatic rings. The van der Waals surface area contributed by atoms with E-state index in [2.05, 4.69) is 10.2 Å². The van der Waals surface area contributed by atoms with Gasteiger partial charge in [-0.05, 0) is 83.6 Å². The molecule has 0 amide bonds. The normalized spacial score (nSPS) is 13.2. The second-order valence-electron chi connectivity index (χ2n) is 9.97. The molecule has 240 valence electrons. The van der Waals surface area contributed by atoms with Gasteiger partial charge in [-0.15, -0.1) is 5.11 Å². The summed E-state index contributed by atoms with van der Waals surface area (Å²) in [6.45, 7) is 1.81. The van der Waals surface area contributed by atoms with Crippen molar-refractivity contribution in [3.05, 3.63) is 78.4 Å². The number of azo groups is 1. The highest BCUT2D eigenvalue weighted by Gasteiger charge is 2.26. The molecule has 0 aromatic heterocycles. The van der Waals surface area contributed by atoms with Gasteiger partial charge in [0.25, 0.3) is 40.5 Å². The molecule has 19 heteroatoms. The van der Waals surface area contributed by atoms with Crippen LogP contribution in [0.15, 0.2) is 103 Å². The van der Waals surface area contributed by atoms with Crippen molar-refractivity contribution in [2.24, 2.45) is 10.2 Å². The van der Waals surface area contributed by atoms with Gasteiger partial charge in [-0.2, -0.15) is 38.8 Å². The number of anilines is 1. The average molecular weight is 708 g/mol. The van der Waals surface area contributed by atoms with Crippen LogP contribution in [0, 0.1) is 6.92 Å². The number of fused-ring (bicyclic) bond motifs is 2. The molecule has 5 aromatic carbocycles. The van der Waals surface area contributed by atoms with Gasteiger partial charge in [0.15, 0.2) is 0 Å². The Labute approximate surface area is 262 Å². The molecular formula is C27H21N3O12S4. The maximum Gasteiger partial charge on any atom is 0.295 e. The highest BCUT2D eigenvalue weighted by atomic mass is 32.2. The number of nitrogens with two attached hydrogens (primary N) is 1. The zero-order valence-electron chi connectivity index (χ0n) is 23.1. The number of benzene rings is 5. The summed E-state index contributed by atoms with van der Waals surface area (Å²) in [7, 11) is -20.3. The van der Waals surface area contributed by atoms with Crippen LogP contribution in [0.1, 0.15) is 5.56 Å². The number of hydrogen-bond donors (Lipinski definition) is 5. The molecule has 0 aliphatic carbocycles. The fourth-order valence-electron chi connectivity index (χ4n) is 4.88. The van der Waals surface area contributed by atoms with Crippen molar-refractivity contribution in [3.63, 3.8) is 0 Å². The Kier molecular flexibility index (Phi) is 8.02. The molecule has 0 bridgehead atoms. The van der Waals surface area contributed by atoms with Crippen LogP contribution in [-0.2, 0) is 40.5 Å². The van der Waals surface area contributed by atoms with Crippen LogP contribution in [0.4, 0.5) is 17.1 Å². The van der Waals surface area contributed by atoms with Gasteiger partial charge in [0.05, 0.1) is 21.2 Å². The van der Waals surface area contributed by atoms with Crippen LogP contribution in [0.2, 0.25) is 0 Å². The average Bonchev–Trinajstić information content (AvgIpc) is 2.92. The molecule has 6 N–H and O–H groups in total. The zero-order chi connectivity index (χ0) is 34.0. The lowest BCUT2D eigenvalue weighted by Crippen LogP contribution is -2.07. The molecular weight excluding hydrogens is 687 g/mol. The quantitative estimate of drug-likeness (QED) is 0.0852. The third-order valence-corrected chi connectivity index (χ3v) is 10.4. The van der Waals surface area contributed by atoms with Crippen molar-refractivity contribution in [3.8, 4) is 11.1 Å². The Morgan fingerprint density at radius 3 is 1.67 bits per heavy atom. The Bertz CT molecular complexity index is 2600. The van der Waals surface area contributed by atoms with Gasteiger partial charge >= 0.3 is 0 Å². The largest absolute Gasteiger partial charge is 0.399 e. The van der Waals surface area contributed by atoms with E-state index in [4.69, 9.17) is 5.73 Å². The molecule has 0 heterocycles. The SMILES string of the molecule is Cc1cc(N)ccc1-c1ccc(N=Nc2cc(S(=O)(=O)O)c3cc(S(=O)(=O)O)cc(S(=O)(=O)O)c3c2)c2cc(S(=O)(=O)O)ccc12. The zero-order valence-corrected chi connectivity index (χ0v) is 26.4. The Balaban J connectivity index is 1.79. The third-order valence-electron chi connectivity index (χ3n) is 6.88. The van der Waals surface area contributed by atoms with E-state index < -0.39 is 76.5 Å². The van der Waals surface area contributed by atoms with Crippen LogP contribution in [-0.4, -0.2) is 51.9 Å².